The molecule has 0 unspecified atom stereocenters. The average Bonchev–Trinajstić information content (AvgIpc) is 2.53. The predicted molar refractivity (Wildman–Crippen MR) is 84.0 cm³/mol. The molecule has 0 aromatic heterocycles. The van der Waals surface area contributed by atoms with Gasteiger partial charge in [0.05, 0.1) is 4.92 Å². The van der Waals surface area contributed by atoms with Crippen LogP contribution >= 0.6 is 0 Å². The lowest BCUT2D eigenvalue weighted by atomic mass is 10.1. The maximum atomic E-state index is 10.9. The Balaban J connectivity index is 2.28. The van der Waals surface area contributed by atoms with E-state index in [9.17, 15) is 15.2 Å². The van der Waals surface area contributed by atoms with Gasteiger partial charge in [-0.25, -0.2) is 0 Å². The monoisotopic (exact) mass is 299 g/mol. The lowest BCUT2D eigenvalue weighted by Crippen LogP contribution is -1.87. The number of azo groups is 1. The number of nitro benzene ring substituents is 1. The van der Waals surface area contributed by atoms with Crippen molar-refractivity contribution in [2.75, 3.05) is 0 Å². The summed E-state index contributed by atoms with van der Waals surface area (Å²) in [6.45, 7) is 2.11. The molecule has 0 aliphatic heterocycles. The highest BCUT2D eigenvalue weighted by Crippen LogP contribution is 2.32. The molecule has 6 nitrogen and oxygen atoms in total. The van der Waals surface area contributed by atoms with Crippen LogP contribution in [0.25, 0.3) is 0 Å². The second kappa shape index (κ2) is 7.31. The van der Waals surface area contributed by atoms with Gasteiger partial charge < -0.3 is 5.11 Å². The number of aromatic hydroxyl groups is 1. The number of benzene rings is 2. The average molecular weight is 299 g/mol. The molecule has 2 aromatic carbocycles. The summed E-state index contributed by atoms with van der Waals surface area (Å²) < 4.78 is 0. The summed E-state index contributed by atoms with van der Waals surface area (Å²) >= 11 is 0. The van der Waals surface area contributed by atoms with E-state index in [1.165, 1.54) is 12.1 Å². The number of aryl methyl sites for hydroxylation is 1. The zero-order valence-electron chi connectivity index (χ0n) is 12.3. The standard InChI is InChI=1S/C16H17N3O3/c1-2-3-6-12-9-10-16(20)14(11-12)18-17-13-7-4-5-8-15(13)19(21)22/h4-5,7-11,20H,2-3,6H2,1H3. The molecule has 0 fully saturated rings. The van der Waals surface area contributed by atoms with E-state index in [1.54, 1.807) is 24.3 Å². The Morgan fingerprint density at radius 3 is 2.59 bits per heavy atom. The quantitative estimate of drug-likeness (QED) is 0.459. The first-order valence-electron chi connectivity index (χ1n) is 7.09. The van der Waals surface area contributed by atoms with Crippen molar-refractivity contribution in [1.29, 1.82) is 0 Å². The first-order chi connectivity index (χ1) is 10.6. The molecule has 0 saturated carbocycles. The Labute approximate surface area is 128 Å². The van der Waals surface area contributed by atoms with E-state index in [4.69, 9.17) is 0 Å². The molecule has 0 aliphatic rings. The summed E-state index contributed by atoms with van der Waals surface area (Å²) in [5, 5.41) is 28.6. The fourth-order valence-corrected chi connectivity index (χ4v) is 2.00. The molecule has 6 heteroatoms. The maximum Gasteiger partial charge on any atom is 0.296 e. The maximum absolute atomic E-state index is 10.9. The molecule has 0 radical (unpaired) electrons. The van der Waals surface area contributed by atoms with Gasteiger partial charge in [0.1, 0.15) is 11.4 Å². The molecular weight excluding hydrogens is 282 g/mol. The molecule has 0 atom stereocenters. The number of hydrogen-bond donors (Lipinski definition) is 1. The number of rotatable bonds is 6. The van der Waals surface area contributed by atoms with Crippen LogP contribution in [0.2, 0.25) is 0 Å². The van der Waals surface area contributed by atoms with Gasteiger partial charge in [-0.15, -0.1) is 10.2 Å². The number of para-hydroxylation sites is 1. The Morgan fingerprint density at radius 2 is 1.86 bits per heavy atom. The number of phenolic OH excluding ortho intramolecular Hbond substituents is 1. The summed E-state index contributed by atoms with van der Waals surface area (Å²) in [5.74, 6) is 0.00239. The van der Waals surface area contributed by atoms with Gasteiger partial charge in [-0.3, -0.25) is 10.1 Å². The third kappa shape index (κ3) is 3.88. The van der Waals surface area contributed by atoms with E-state index >= 15 is 0 Å². The SMILES string of the molecule is CCCCc1ccc(O)c(N=Nc2ccccc2[N+](=O)[O-])c1. The summed E-state index contributed by atoms with van der Waals surface area (Å²) in [6.07, 6.45) is 3.02. The molecule has 2 rings (SSSR count). The third-order valence-electron chi connectivity index (χ3n) is 3.20. The first-order valence-corrected chi connectivity index (χ1v) is 7.09. The number of hydrogen-bond acceptors (Lipinski definition) is 5. The lowest BCUT2D eigenvalue weighted by molar-refractivity contribution is -0.384. The molecule has 114 valence electrons. The molecule has 22 heavy (non-hydrogen) atoms. The summed E-state index contributed by atoms with van der Waals surface area (Å²) in [5.41, 5.74) is 1.40. The van der Waals surface area contributed by atoms with Crippen LogP contribution in [0.3, 0.4) is 0 Å². The molecule has 0 heterocycles. The summed E-state index contributed by atoms with van der Waals surface area (Å²) in [4.78, 5) is 10.4. The molecule has 0 saturated heterocycles. The Morgan fingerprint density at radius 1 is 1.14 bits per heavy atom. The molecule has 0 amide bonds. The molecule has 0 spiro atoms. The lowest BCUT2D eigenvalue weighted by Gasteiger charge is -2.03. The predicted octanol–water partition coefficient (Wildman–Crippen LogP) is 5.06. The van der Waals surface area contributed by atoms with Crippen molar-refractivity contribution in [3.8, 4) is 5.75 Å². The van der Waals surface area contributed by atoms with Crippen molar-refractivity contribution in [2.45, 2.75) is 26.2 Å². The Kier molecular flexibility index (Phi) is 5.19. The van der Waals surface area contributed by atoms with Crippen LogP contribution in [0.4, 0.5) is 17.1 Å². The highest BCUT2D eigenvalue weighted by molar-refractivity contribution is 5.58. The molecule has 2 aromatic rings. The molecule has 1 N–H and O–H groups in total. The zero-order chi connectivity index (χ0) is 15.9. The van der Waals surface area contributed by atoms with Gasteiger partial charge in [-0.1, -0.05) is 31.5 Å². The van der Waals surface area contributed by atoms with Gasteiger partial charge in [0.15, 0.2) is 5.69 Å². The zero-order valence-corrected chi connectivity index (χ0v) is 12.3. The van der Waals surface area contributed by atoms with Crippen LogP contribution in [0.1, 0.15) is 25.3 Å². The third-order valence-corrected chi connectivity index (χ3v) is 3.20. The number of nitro groups is 1. The van der Waals surface area contributed by atoms with Crippen molar-refractivity contribution < 1.29 is 10.0 Å². The van der Waals surface area contributed by atoms with Gasteiger partial charge in [-0.05, 0) is 36.6 Å². The van der Waals surface area contributed by atoms with Crippen molar-refractivity contribution in [3.05, 3.63) is 58.1 Å². The first kappa shape index (κ1) is 15.6. The van der Waals surface area contributed by atoms with Crippen LogP contribution in [-0.2, 0) is 6.42 Å². The minimum Gasteiger partial charge on any atom is -0.506 e. The summed E-state index contributed by atoms with van der Waals surface area (Å²) in [6, 6.07) is 11.3. The highest BCUT2D eigenvalue weighted by Gasteiger charge is 2.11. The number of phenols is 1. The normalized spacial score (nSPS) is 11.0. The smallest absolute Gasteiger partial charge is 0.296 e. The largest absolute Gasteiger partial charge is 0.506 e. The van der Waals surface area contributed by atoms with E-state index in [0.29, 0.717) is 5.69 Å². The second-order valence-electron chi connectivity index (χ2n) is 4.87. The molecule has 0 aliphatic carbocycles. The molecular formula is C16H17N3O3. The summed E-state index contributed by atoms with van der Waals surface area (Å²) in [7, 11) is 0. The van der Waals surface area contributed by atoms with Crippen LogP contribution in [0, 0.1) is 10.1 Å². The topological polar surface area (TPSA) is 88.1 Å². The van der Waals surface area contributed by atoms with E-state index in [0.717, 1.165) is 24.8 Å². The van der Waals surface area contributed by atoms with Crippen LogP contribution < -0.4 is 0 Å². The number of unbranched alkanes of at least 4 members (excludes halogenated alkanes) is 1. The Hall–Kier alpha value is -2.76. The minimum atomic E-state index is -0.508. The van der Waals surface area contributed by atoms with E-state index in [1.807, 2.05) is 6.07 Å². The fraction of sp³-hybridized carbons (Fsp3) is 0.250. The van der Waals surface area contributed by atoms with Crippen molar-refractivity contribution in [2.24, 2.45) is 10.2 Å². The fourth-order valence-electron chi connectivity index (χ4n) is 2.00. The second-order valence-corrected chi connectivity index (χ2v) is 4.87. The van der Waals surface area contributed by atoms with Crippen LogP contribution in [-0.4, -0.2) is 10.0 Å². The van der Waals surface area contributed by atoms with E-state index in [2.05, 4.69) is 17.2 Å². The minimum absolute atomic E-state index is 0.00239. The van der Waals surface area contributed by atoms with Gasteiger partial charge in [0.2, 0.25) is 0 Å². The van der Waals surface area contributed by atoms with Gasteiger partial charge in [0.25, 0.3) is 5.69 Å². The van der Waals surface area contributed by atoms with E-state index < -0.39 is 4.92 Å². The van der Waals surface area contributed by atoms with Crippen LogP contribution in [0.15, 0.2) is 52.7 Å². The van der Waals surface area contributed by atoms with Crippen molar-refractivity contribution in [3.63, 3.8) is 0 Å². The van der Waals surface area contributed by atoms with Gasteiger partial charge in [-0.2, -0.15) is 0 Å². The number of nitrogens with zero attached hydrogens (tertiary/aromatic N) is 3. The molecule has 0 bridgehead atoms. The van der Waals surface area contributed by atoms with E-state index in [-0.39, 0.29) is 17.1 Å². The Bertz CT molecular complexity index is 699. The van der Waals surface area contributed by atoms with Crippen LogP contribution in [0.5, 0.6) is 5.75 Å². The van der Waals surface area contributed by atoms with Crippen molar-refractivity contribution in [1.82, 2.24) is 0 Å². The van der Waals surface area contributed by atoms with Gasteiger partial charge in [0, 0.05) is 6.07 Å². The highest BCUT2D eigenvalue weighted by atomic mass is 16.6. The van der Waals surface area contributed by atoms with Gasteiger partial charge >= 0.3 is 0 Å². The van der Waals surface area contributed by atoms with Crippen molar-refractivity contribution >= 4 is 17.1 Å².